The van der Waals surface area contributed by atoms with Crippen molar-refractivity contribution in [2.75, 3.05) is 66.1 Å². The van der Waals surface area contributed by atoms with Crippen molar-refractivity contribution in [3.63, 3.8) is 0 Å². The summed E-state index contributed by atoms with van der Waals surface area (Å²) < 4.78 is 10.6. The number of nitrogens with zero attached hydrogens (tertiary/aromatic N) is 1. The van der Waals surface area contributed by atoms with Crippen LogP contribution in [0.15, 0.2) is 24.3 Å². The molecule has 1 unspecified atom stereocenters. The van der Waals surface area contributed by atoms with E-state index in [9.17, 15) is 4.79 Å². The summed E-state index contributed by atoms with van der Waals surface area (Å²) in [7, 11) is 1.49. The number of hydrogen-bond acceptors (Lipinski definition) is 7. The molecule has 0 saturated carbocycles. The van der Waals surface area contributed by atoms with Crippen LogP contribution >= 0.6 is 0 Å². The monoisotopic (exact) mass is 406 g/mol. The van der Waals surface area contributed by atoms with Crippen LogP contribution in [0.2, 0.25) is 0 Å². The molecule has 7 heteroatoms. The van der Waals surface area contributed by atoms with Crippen LogP contribution in [0.5, 0.6) is 5.75 Å². The third-order valence-corrected chi connectivity index (χ3v) is 5.20. The van der Waals surface area contributed by atoms with Gasteiger partial charge in [-0.05, 0) is 43.9 Å². The maximum Gasteiger partial charge on any atom is 0.323 e. The number of hydrogen-bond donors (Lipinski definition) is 3. The highest BCUT2D eigenvalue weighted by Gasteiger charge is 2.26. The Labute approximate surface area is 175 Å². The van der Waals surface area contributed by atoms with Crippen molar-refractivity contribution in [3.05, 3.63) is 29.8 Å². The summed E-state index contributed by atoms with van der Waals surface area (Å²) in [6.07, 6.45) is 2.67. The second kappa shape index (κ2) is 14.3. The molecule has 3 N–H and O–H groups in total. The highest BCUT2D eigenvalue weighted by atomic mass is 16.5. The van der Waals surface area contributed by atoms with E-state index in [1.165, 1.54) is 12.7 Å². The Morgan fingerprint density at radius 2 is 1.59 bits per heavy atom. The van der Waals surface area contributed by atoms with Gasteiger partial charge in [0.2, 0.25) is 0 Å². The summed E-state index contributed by atoms with van der Waals surface area (Å²) in [6, 6.07) is 8.04. The van der Waals surface area contributed by atoms with Crippen molar-refractivity contribution in [2.45, 2.75) is 32.2 Å². The van der Waals surface area contributed by atoms with Crippen LogP contribution < -0.4 is 20.7 Å². The Kier molecular flexibility index (Phi) is 11.7. The average molecular weight is 407 g/mol. The largest absolute Gasteiger partial charge is 0.494 e. The Hall–Kier alpha value is -1.67. The van der Waals surface area contributed by atoms with Crippen molar-refractivity contribution in [1.29, 1.82) is 0 Å². The first kappa shape index (κ1) is 23.6. The lowest BCUT2D eigenvalue weighted by Crippen LogP contribution is -2.49. The number of esters is 1. The number of rotatable bonds is 8. The van der Waals surface area contributed by atoms with E-state index in [4.69, 9.17) is 9.47 Å². The predicted octanol–water partition coefficient (Wildman–Crippen LogP) is 1.03. The smallest absolute Gasteiger partial charge is 0.323 e. The highest BCUT2D eigenvalue weighted by molar-refractivity contribution is 5.75. The van der Waals surface area contributed by atoms with Crippen LogP contribution in [0.1, 0.15) is 25.3 Å². The molecule has 1 atom stereocenters. The molecule has 164 valence electrons. The molecule has 0 spiro atoms. The third-order valence-electron chi connectivity index (χ3n) is 5.20. The van der Waals surface area contributed by atoms with Crippen LogP contribution in [0.3, 0.4) is 0 Å². The summed E-state index contributed by atoms with van der Waals surface area (Å²) in [5.41, 5.74) is 1.27. The van der Waals surface area contributed by atoms with Gasteiger partial charge in [0.25, 0.3) is 0 Å². The zero-order valence-electron chi connectivity index (χ0n) is 18.0. The molecular formula is C22H38N4O3. The van der Waals surface area contributed by atoms with Gasteiger partial charge in [-0.25, -0.2) is 0 Å². The molecule has 0 aliphatic carbocycles. The zero-order chi connectivity index (χ0) is 20.7. The molecule has 1 aromatic carbocycles. The van der Waals surface area contributed by atoms with Gasteiger partial charge in [-0.1, -0.05) is 12.1 Å². The molecule has 7 nitrogen and oxygen atoms in total. The lowest BCUT2D eigenvalue weighted by Gasteiger charge is -2.30. The lowest BCUT2D eigenvalue weighted by molar-refractivity contribution is -0.147. The van der Waals surface area contributed by atoms with Crippen LogP contribution in [0, 0.1) is 0 Å². The van der Waals surface area contributed by atoms with Crippen molar-refractivity contribution in [1.82, 2.24) is 20.9 Å². The lowest BCUT2D eigenvalue weighted by atomic mass is 10.0. The molecule has 2 rings (SSSR count). The maximum atomic E-state index is 12.5. The molecule has 1 fully saturated rings. The Bertz CT molecular complexity index is 556. The minimum absolute atomic E-state index is 0.134. The SMILES string of the molecule is CCOc1ccc(CCCC(C(=O)OC)N2CCNCCNCCNCC2)cc1. The fraction of sp³-hybridized carbons (Fsp3) is 0.682. The summed E-state index contributed by atoms with van der Waals surface area (Å²) in [6.45, 7) is 9.88. The standard InChI is InChI=1S/C22H38N4O3/c1-3-29-20-9-7-19(8-10-20)5-4-6-21(22(27)28-2)26-17-15-24-13-11-23-12-14-25-16-18-26/h7-10,21,23-25H,3-6,11-18H2,1-2H3. The minimum Gasteiger partial charge on any atom is -0.494 e. The van der Waals surface area contributed by atoms with E-state index in [2.05, 4.69) is 33.0 Å². The number of carbonyl (C=O) groups excluding carboxylic acids is 1. The fourth-order valence-corrected chi connectivity index (χ4v) is 3.60. The number of aryl methyl sites for hydroxylation is 1. The molecule has 0 aromatic heterocycles. The molecule has 1 saturated heterocycles. The quantitative estimate of drug-likeness (QED) is 0.557. The molecule has 0 amide bonds. The second-order valence-electron chi connectivity index (χ2n) is 7.29. The topological polar surface area (TPSA) is 74.9 Å². The van der Waals surface area contributed by atoms with Crippen molar-refractivity contribution in [3.8, 4) is 5.75 Å². The van der Waals surface area contributed by atoms with Crippen molar-refractivity contribution in [2.24, 2.45) is 0 Å². The first-order chi connectivity index (χ1) is 14.2. The summed E-state index contributed by atoms with van der Waals surface area (Å²) in [4.78, 5) is 14.8. The number of methoxy groups -OCH3 is 1. The zero-order valence-corrected chi connectivity index (χ0v) is 18.0. The molecule has 1 heterocycles. The normalized spacial score (nSPS) is 18.3. The molecular weight excluding hydrogens is 368 g/mol. The van der Waals surface area contributed by atoms with Gasteiger partial charge in [-0.2, -0.15) is 0 Å². The first-order valence-corrected chi connectivity index (χ1v) is 10.9. The molecule has 1 aliphatic rings. The van der Waals surface area contributed by atoms with Gasteiger partial charge in [0.15, 0.2) is 0 Å². The molecule has 29 heavy (non-hydrogen) atoms. The number of nitrogens with one attached hydrogen (secondary N) is 3. The van der Waals surface area contributed by atoms with Gasteiger partial charge >= 0.3 is 5.97 Å². The Balaban J connectivity index is 1.90. The number of benzene rings is 1. The average Bonchev–Trinajstić information content (AvgIpc) is 2.73. The van der Waals surface area contributed by atoms with Crippen LogP contribution in [-0.4, -0.2) is 83.0 Å². The molecule has 1 aromatic rings. The fourth-order valence-electron chi connectivity index (χ4n) is 3.60. The number of ether oxygens (including phenoxy) is 2. The second-order valence-corrected chi connectivity index (χ2v) is 7.29. The minimum atomic E-state index is -0.202. The van der Waals surface area contributed by atoms with E-state index in [0.29, 0.717) is 6.61 Å². The third kappa shape index (κ3) is 9.12. The van der Waals surface area contributed by atoms with Crippen molar-refractivity contribution >= 4 is 5.97 Å². The summed E-state index contributed by atoms with van der Waals surface area (Å²) >= 11 is 0. The first-order valence-electron chi connectivity index (χ1n) is 10.9. The van der Waals surface area contributed by atoms with Crippen LogP contribution in [0.4, 0.5) is 0 Å². The van der Waals surface area contributed by atoms with Gasteiger partial charge < -0.3 is 25.4 Å². The number of carbonyl (C=O) groups is 1. The van der Waals surface area contributed by atoms with E-state index in [1.54, 1.807) is 0 Å². The Morgan fingerprint density at radius 3 is 2.14 bits per heavy atom. The van der Waals surface area contributed by atoms with E-state index in [0.717, 1.165) is 77.4 Å². The van der Waals surface area contributed by atoms with Gasteiger partial charge in [-0.15, -0.1) is 0 Å². The van der Waals surface area contributed by atoms with E-state index in [-0.39, 0.29) is 12.0 Å². The molecule has 1 aliphatic heterocycles. The molecule has 0 radical (unpaired) electrons. The Morgan fingerprint density at radius 1 is 1.00 bits per heavy atom. The highest BCUT2D eigenvalue weighted by Crippen LogP contribution is 2.16. The molecule has 0 bridgehead atoms. The van der Waals surface area contributed by atoms with E-state index >= 15 is 0 Å². The summed E-state index contributed by atoms with van der Waals surface area (Å²) in [5.74, 6) is 0.767. The van der Waals surface area contributed by atoms with Gasteiger partial charge in [0.1, 0.15) is 11.8 Å². The van der Waals surface area contributed by atoms with Gasteiger partial charge in [0, 0.05) is 52.4 Å². The van der Waals surface area contributed by atoms with Gasteiger partial charge in [-0.3, -0.25) is 9.69 Å². The van der Waals surface area contributed by atoms with E-state index < -0.39 is 0 Å². The predicted molar refractivity (Wildman–Crippen MR) is 117 cm³/mol. The van der Waals surface area contributed by atoms with Gasteiger partial charge in [0.05, 0.1) is 13.7 Å². The van der Waals surface area contributed by atoms with E-state index in [1.807, 2.05) is 19.1 Å². The van der Waals surface area contributed by atoms with Crippen molar-refractivity contribution < 1.29 is 14.3 Å². The van der Waals surface area contributed by atoms with Crippen LogP contribution in [-0.2, 0) is 16.0 Å². The van der Waals surface area contributed by atoms with Crippen LogP contribution in [0.25, 0.3) is 0 Å². The summed E-state index contributed by atoms with van der Waals surface area (Å²) in [5, 5.41) is 10.3. The maximum absolute atomic E-state index is 12.5.